The fourth-order valence-electron chi connectivity index (χ4n) is 0.906. The van der Waals surface area contributed by atoms with Gasteiger partial charge in [-0.25, -0.2) is 4.98 Å². The molecule has 1 aromatic heterocycles. The van der Waals surface area contributed by atoms with Gasteiger partial charge < -0.3 is 11.1 Å². The highest BCUT2D eigenvalue weighted by Gasteiger charge is 2.06. The van der Waals surface area contributed by atoms with Gasteiger partial charge in [0.2, 0.25) is 0 Å². The number of halogens is 2. The van der Waals surface area contributed by atoms with Gasteiger partial charge in [0, 0.05) is 6.54 Å². The molecule has 3 nitrogen and oxygen atoms in total. The minimum absolute atomic E-state index is 0.294. The molecule has 14 heavy (non-hydrogen) atoms. The minimum atomic E-state index is 0.294. The zero-order valence-corrected chi connectivity index (χ0v) is 9.65. The Labute approximate surface area is 93.6 Å². The van der Waals surface area contributed by atoms with Crippen molar-refractivity contribution in [3.8, 4) is 0 Å². The second kappa shape index (κ2) is 4.71. The van der Waals surface area contributed by atoms with Crippen molar-refractivity contribution in [2.24, 2.45) is 5.92 Å². The molecule has 0 aliphatic carbocycles. The van der Waals surface area contributed by atoms with Gasteiger partial charge >= 0.3 is 0 Å². The molecule has 3 N–H and O–H groups in total. The van der Waals surface area contributed by atoms with Crippen molar-refractivity contribution in [2.75, 3.05) is 17.6 Å². The summed E-state index contributed by atoms with van der Waals surface area (Å²) in [6, 6.07) is 1.59. The first kappa shape index (κ1) is 11.4. The van der Waals surface area contributed by atoms with Crippen LogP contribution in [0.2, 0.25) is 10.0 Å². The lowest BCUT2D eigenvalue weighted by atomic mass is 10.2. The molecule has 0 aliphatic heterocycles. The molecule has 1 heterocycles. The largest absolute Gasteiger partial charge is 0.382 e. The maximum atomic E-state index is 5.92. The number of hydrogen-bond acceptors (Lipinski definition) is 3. The van der Waals surface area contributed by atoms with Gasteiger partial charge in [-0.05, 0) is 12.0 Å². The first-order valence-corrected chi connectivity index (χ1v) is 5.11. The number of nitrogen functional groups attached to an aromatic ring is 1. The normalized spacial score (nSPS) is 10.6. The summed E-state index contributed by atoms with van der Waals surface area (Å²) in [5.74, 6) is 1.40. The number of anilines is 2. The van der Waals surface area contributed by atoms with Crippen molar-refractivity contribution in [3.63, 3.8) is 0 Å². The van der Waals surface area contributed by atoms with Crippen LogP contribution in [0.4, 0.5) is 11.6 Å². The van der Waals surface area contributed by atoms with Gasteiger partial charge in [-0.15, -0.1) is 0 Å². The molecular weight excluding hydrogens is 221 g/mol. The van der Waals surface area contributed by atoms with Crippen LogP contribution in [0.15, 0.2) is 6.07 Å². The lowest BCUT2D eigenvalue weighted by molar-refractivity contribution is 0.687. The number of aromatic nitrogens is 1. The van der Waals surface area contributed by atoms with Crippen molar-refractivity contribution in [2.45, 2.75) is 13.8 Å². The van der Waals surface area contributed by atoms with E-state index < -0.39 is 0 Å². The van der Waals surface area contributed by atoms with Crippen LogP contribution in [-0.4, -0.2) is 11.5 Å². The number of pyridine rings is 1. The quantitative estimate of drug-likeness (QED) is 0.845. The van der Waals surface area contributed by atoms with Gasteiger partial charge in [0.25, 0.3) is 0 Å². The zero-order chi connectivity index (χ0) is 10.7. The van der Waals surface area contributed by atoms with Crippen LogP contribution in [0, 0.1) is 5.92 Å². The summed E-state index contributed by atoms with van der Waals surface area (Å²) in [6.07, 6.45) is 0. The van der Waals surface area contributed by atoms with E-state index in [0.717, 1.165) is 6.54 Å². The third kappa shape index (κ3) is 2.93. The Bertz CT molecular complexity index is 326. The lowest BCUT2D eigenvalue weighted by Gasteiger charge is -2.10. The van der Waals surface area contributed by atoms with E-state index in [2.05, 4.69) is 24.1 Å². The lowest BCUT2D eigenvalue weighted by Crippen LogP contribution is -2.10. The smallest absolute Gasteiger partial charge is 0.147 e. The Morgan fingerprint density at radius 2 is 2.07 bits per heavy atom. The fraction of sp³-hybridized carbons (Fsp3) is 0.444. The zero-order valence-electron chi connectivity index (χ0n) is 8.14. The van der Waals surface area contributed by atoms with Crippen LogP contribution in [0.3, 0.4) is 0 Å². The third-order valence-corrected chi connectivity index (χ3v) is 2.23. The Hall–Kier alpha value is -0.670. The number of hydrogen-bond donors (Lipinski definition) is 2. The molecule has 0 saturated carbocycles. The SMILES string of the molecule is CC(C)CNc1nc(N)c(Cl)cc1Cl. The van der Waals surface area contributed by atoms with Crippen molar-refractivity contribution >= 4 is 34.8 Å². The van der Waals surface area contributed by atoms with Gasteiger partial charge in [0.15, 0.2) is 0 Å². The Morgan fingerprint density at radius 3 is 2.64 bits per heavy atom. The Kier molecular flexibility index (Phi) is 3.84. The monoisotopic (exact) mass is 233 g/mol. The van der Waals surface area contributed by atoms with E-state index in [4.69, 9.17) is 28.9 Å². The number of rotatable bonds is 3. The minimum Gasteiger partial charge on any atom is -0.382 e. The fourth-order valence-corrected chi connectivity index (χ4v) is 1.33. The van der Waals surface area contributed by atoms with E-state index in [-0.39, 0.29) is 0 Å². The van der Waals surface area contributed by atoms with E-state index in [1.807, 2.05) is 0 Å². The van der Waals surface area contributed by atoms with Gasteiger partial charge in [-0.2, -0.15) is 0 Å². The van der Waals surface area contributed by atoms with Crippen LogP contribution < -0.4 is 11.1 Å². The van der Waals surface area contributed by atoms with Crippen molar-refractivity contribution < 1.29 is 0 Å². The second-order valence-corrected chi connectivity index (χ2v) is 4.28. The molecule has 78 valence electrons. The van der Waals surface area contributed by atoms with Crippen LogP contribution in [0.1, 0.15) is 13.8 Å². The van der Waals surface area contributed by atoms with E-state index in [0.29, 0.717) is 27.6 Å². The maximum Gasteiger partial charge on any atom is 0.147 e. The molecule has 5 heteroatoms. The van der Waals surface area contributed by atoms with Crippen molar-refractivity contribution in [1.82, 2.24) is 4.98 Å². The highest BCUT2D eigenvalue weighted by molar-refractivity contribution is 6.37. The topological polar surface area (TPSA) is 50.9 Å². The highest BCUT2D eigenvalue weighted by Crippen LogP contribution is 2.27. The summed E-state index contributed by atoms with van der Waals surface area (Å²) >= 11 is 11.7. The Morgan fingerprint density at radius 1 is 1.43 bits per heavy atom. The number of nitrogens with one attached hydrogen (secondary N) is 1. The van der Waals surface area contributed by atoms with E-state index in [1.54, 1.807) is 6.07 Å². The molecule has 0 bridgehead atoms. The first-order chi connectivity index (χ1) is 6.50. The van der Waals surface area contributed by atoms with E-state index >= 15 is 0 Å². The van der Waals surface area contributed by atoms with Crippen molar-refractivity contribution in [3.05, 3.63) is 16.1 Å². The molecule has 0 spiro atoms. The average Bonchev–Trinajstić information content (AvgIpc) is 2.09. The van der Waals surface area contributed by atoms with Gasteiger partial charge in [0.05, 0.1) is 10.0 Å². The highest BCUT2D eigenvalue weighted by atomic mass is 35.5. The molecule has 0 amide bonds. The van der Waals surface area contributed by atoms with Crippen LogP contribution in [-0.2, 0) is 0 Å². The second-order valence-electron chi connectivity index (χ2n) is 3.46. The van der Waals surface area contributed by atoms with E-state index in [1.165, 1.54) is 0 Å². The predicted molar refractivity (Wildman–Crippen MR) is 62.0 cm³/mol. The average molecular weight is 234 g/mol. The van der Waals surface area contributed by atoms with Crippen LogP contribution in [0.25, 0.3) is 0 Å². The molecule has 0 radical (unpaired) electrons. The van der Waals surface area contributed by atoms with Gasteiger partial charge in [-0.1, -0.05) is 37.0 Å². The van der Waals surface area contributed by atoms with Crippen LogP contribution >= 0.6 is 23.2 Å². The first-order valence-electron chi connectivity index (χ1n) is 4.36. The summed E-state index contributed by atoms with van der Waals surface area (Å²) in [7, 11) is 0. The molecule has 0 aromatic carbocycles. The van der Waals surface area contributed by atoms with Gasteiger partial charge in [-0.3, -0.25) is 0 Å². The molecule has 0 saturated heterocycles. The third-order valence-electron chi connectivity index (χ3n) is 1.63. The summed E-state index contributed by atoms with van der Waals surface area (Å²) in [4.78, 5) is 4.05. The molecule has 0 aliphatic rings. The number of nitrogens with zero attached hydrogens (tertiary/aromatic N) is 1. The molecule has 1 aromatic rings. The summed E-state index contributed by atoms with van der Waals surface area (Å²) < 4.78 is 0. The molecule has 0 atom stereocenters. The molecular formula is C9H13Cl2N3. The predicted octanol–water partition coefficient (Wildman–Crippen LogP) is 3.04. The molecule has 1 rings (SSSR count). The standard InChI is InChI=1S/C9H13Cl2N3/c1-5(2)4-13-9-7(11)3-6(10)8(12)14-9/h3,5H,4H2,1-2H3,(H3,12,13,14). The maximum absolute atomic E-state index is 5.92. The number of nitrogens with two attached hydrogens (primary N) is 1. The molecule has 0 fully saturated rings. The summed E-state index contributed by atoms with van der Waals surface area (Å²) in [5, 5.41) is 3.97. The van der Waals surface area contributed by atoms with E-state index in [9.17, 15) is 0 Å². The van der Waals surface area contributed by atoms with Crippen molar-refractivity contribution in [1.29, 1.82) is 0 Å². The summed E-state index contributed by atoms with van der Waals surface area (Å²) in [5.41, 5.74) is 5.55. The van der Waals surface area contributed by atoms with Gasteiger partial charge in [0.1, 0.15) is 11.6 Å². The summed E-state index contributed by atoms with van der Waals surface area (Å²) in [6.45, 7) is 4.99. The molecule has 0 unspecified atom stereocenters. The Balaban J connectivity index is 2.82. The van der Waals surface area contributed by atoms with Crippen LogP contribution in [0.5, 0.6) is 0 Å².